The van der Waals surface area contributed by atoms with Gasteiger partial charge >= 0.3 is 0 Å². The number of rotatable bonds is 6. The number of likely N-dealkylation sites (N-methyl/N-ethyl adjacent to an activating group) is 2. The molecule has 0 radical (unpaired) electrons. The van der Waals surface area contributed by atoms with Crippen molar-refractivity contribution in [2.75, 3.05) is 32.1 Å². The Kier molecular flexibility index (Phi) is 5.65. The molecule has 1 aromatic carbocycles. The van der Waals surface area contributed by atoms with Crippen LogP contribution in [0.15, 0.2) is 18.2 Å². The predicted octanol–water partition coefficient (Wildman–Crippen LogP) is 1.29. The molecule has 100 valence electrons. The molecule has 1 rings (SSSR count). The Morgan fingerprint density at radius 1 is 1.33 bits per heavy atom. The highest BCUT2D eigenvalue weighted by atomic mass is 16.1. The van der Waals surface area contributed by atoms with Crippen molar-refractivity contribution in [3.63, 3.8) is 0 Å². The monoisotopic (exact) mass is 249 g/mol. The van der Waals surface area contributed by atoms with E-state index in [0.29, 0.717) is 6.54 Å². The van der Waals surface area contributed by atoms with Crippen LogP contribution in [0.5, 0.6) is 0 Å². The van der Waals surface area contributed by atoms with Gasteiger partial charge in [-0.05, 0) is 38.1 Å². The lowest BCUT2D eigenvalue weighted by Gasteiger charge is -2.24. The second-order valence-corrected chi connectivity index (χ2v) is 4.34. The summed E-state index contributed by atoms with van der Waals surface area (Å²) in [6.07, 6.45) is 0. The first kappa shape index (κ1) is 14.5. The zero-order chi connectivity index (χ0) is 13.5. The van der Waals surface area contributed by atoms with E-state index in [0.717, 1.165) is 18.8 Å². The number of carbonyl (C=O) groups excluding carboxylic acids is 1. The molecule has 0 aliphatic carbocycles. The number of hydrogen-bond acceptors (Lipinski definition) is 3. The molecule has 0 bridgehead atoms. The van der Waals surface area contributed by atoms with Crippen molar-refractivity contribution in [1.29, 1.82) is 0 Å². The molecule has 1 amide bonds. The predicted molar refractivity (Wildman–Crippen MR) is 75.9 cm³/mol. The highest BCUT2D eigenvalue weighted by molar-refractivity contribution is 5.81. The highest BCUT2D eigenvalue weighted by Gasteiger charge is 2.11. The maximum Gasteiger partial charge on any atom is 0.239 e. The van der Waals surface area contributed by atoms with Crippen molar-refractivity contribution in [3.8, 4) is 0 Å². The van der Waals surface area contributed by atoms with E-state index < -0.39 is 0 Å². The summed E-state index contributed by atoms with van der Waals surface area (Å²) in [5, 5.41) is 5.80. The van der Waals surface area contributed by atoms with Crippen LogP contribution < -0.4 is 15.5 Å². The van der Waals surface area contributed by atoms with Crippen molar-refractivity contribution in [2.24, 2.45) is 0 Å². The van der Waals surface area contributed by atoms with Crippen LogP contribution in [0.3, 0.4) is 0 Å². The Balaban J connectivity index is 2.89. The molecule has 0 aliphatic heterocycles. The number of nitrogens with zero attached hydrogens (tertiary/aromatic N) is 1. The van der Waals surface area contributed by atoms with Crippen molar-refractivity contribution in [3.05, 3.63) is 29.3 Å². The Labute approximate surface area is 109 Å². The molecule has 0 aromatic heterocycles. The van der Waals surface area contributed by atoms with Crippen LogP contribution >= 0.6 is 0 Å². The van der Waals surface area contributed by atoms with Crippen molar-refractivity contribution >= 4 is 11.6 Å². The van der Waals surface area contributed by atoms with Crippen LogP contribution in [0.4, 0.5) is 5.69 Å². The van der Waals surface area contributed by atoms with Gasteiger partial charge in [-0.3, -0.25) is 4.79 Å². The fraction of sp³-hybridized carbons (Fsp3) is 0.500. The minimum Gasteiger partial charge on any atom is -0.362 e. The van der Waals surface area contributed by atoms with E-state index in [1.54, 1.807) is 7.05 Å². The largest absolute Gasteiger partial charge is 0.362 e. The zero-order valence-corrected chi connectivity index (χ0v) is 11.7. The molecule has 0 saturated carbocycles. The molecule has 18 heavy (non-hydrogen) atoms. The molecule has 0 aliphatic rings. The van der Waals surface area contributed by atoms with Gasteiger partial charge < -0.3 is 15.5 Å². The lowest BCUT2D eigenvalue weighted by Crippen LogP contribution is -2.35. The molecule has 1 aromatic rings. The van der Waals surface area contributed by atoms with Gasteiger partial charge in [0.25, 0.3) is 0 Å². The summed E-state index contributed by atoms with van der Waals surface area (Å²) in [6.45, 7) is 6.23. The highest BCUT2D eigenvalue weighted by Crippen LogP contribution is 2.21. The maximum atomic E-state index is 11.5. The van der Waals surface area contributed by atoms with Crippen molar-refractivity contribution in [1.82, 2.24) is 10.6 Å². The van der Waals surface area contributed by atoms with Gasteiger partial charge in [-0.1, -0.05) is 12.1 Å². The molecule has 0 saturated heterocycles. The molecule has 4 heteroatoms. The summed E-state index contributed by atoms with van der Waals surface area (Å²) in [5.41, 5.74) is 3.59. The number of amides is 1. The maximum absolute atomic E-state index is 11.5. The number of aryl methyl sites for hydroxylation is 1. The quantitative estimate of drug-likeness (QED) is 0.798. The normalized spacial score (nSPS) is 10.2. The Bertz CT molecular complexity index is 404. The first-order valence-electron chi connectivity index (χ1n) is 6.32. The van der Waals surface area contributed by atoms with Gasteiger partial charge in [0, 0.05) is 25.8 Å². The number of benzene rings is 1. The molecular formula is C14H23N3O. The molecule has 0 unspecified atom stereocenters. The lowest BCUT2D eigenvalue weighted by molar-refractivity contribution is -0.119. The summed E-state index contributed by atoms with van der Waals surface area (Å²) >= 11 is 0. The lowest BCUT2D eigenvalue weighted by atomic mass is 10.1. The summed E-state index contributed by atoms with van der Waals surface area (Å²) in [6, 6.07) is 6.36. The molecule has 0 spiro atoms. The number of anilines is 1. The van der Waals surface area contributed by atoms with Crippen molar-refractivity contribution < 1.29 is 4.79 Å². The molecule has 0 atom stereocenters. The van der Waals surface area contributed by atoms with E-state index in [9.17, 15) is 4.79 Å². The summed E-state index contributed by atoms with van der Waals surface area (Å²) in [4.78, 5) is 13.6. The minimum atomic E-state index is 0.0375. The average Bonchev–Trinajstić information content (AvgIpc) is 2.37. The van der Waals surface area contributed by atoms with Gasteiger partial charge in [0.15, 0.2) is 0 Å². The summed E-state index contributed by atoms with van der Waals surface area (Å²) < 4.78 is 0. The number of carbonyl (C=O) groups is 1. The fourth-order valence-electron chi connectivity index (χ4n) is 2.01. The zero-order valence-electron chi connectivity index (χ0n) is 11.7. The molecule has 0 fully saturated rings. The minimum absolute atomic E-state index is 0.0375. The van der Waals surface area contributed by atoms with Gasteiger partial charge in [0.2, 0.25) is 5.91 Å². The van der Waals surface area contributed by atoms with Crippen LogP contribution in [0.1, 0.15) is 18.1 Å². The first-order valence-corrected chi connectivity index (χ1v) is 6.32. The van der Waals surface area contributed by atoms with Gasteiger partial charge in [-0.25, -0.2) is 0 Å². The Morgan fingerprint density at radius 3 is 2.56 bits per heavy atom. The molecule has 0 heterocycles. The first-order chi connectivity index (χ1) is 8.62. The van der Waals surface area contributed by atoms with Crippen LogP contribution in [0.25, 0.3) is 0 Å². The van der Waals surface area contributed by atoms with E-state index in [1.165, 1.54) is 11.1 Å². The Morgan fingerprint density at radius 2 is 2.06 bits per heavy atom. The number of hydrogen-bond donors (Lipinski definition) is 2. The van der Waals surface area contributed by atoms with Crippen LogP contribution in [-0.4, -0.2) is 33.1 Å². The summed E-state index contributed by atoms with van der Waals surface area (Å²) in [7, 11) is 3.60. The van der Waals surface area contributed by atoms with Gasteiger partial charge in [-0.15, -0.1) is 0 Å². The fourth-order valence-corrected chi connectivity index (χ4v) is 2.01. The molecular weight excluding hydrogens is 226 g/mol. The van der Waals surface area contributed by atoms with Gasteiger partial charge in [-0.2, -0.15) is 0 Å². The number of nitrogens with one attached hydrogen (secondary N) is 2. The second-order valence-electron chi connectivity index (χ2n) is 4.34. The van der Waals surface area contributed by atoms with Crippen LogP contribution in [-0.2, 0) is 11.3 Å². The van der Waals surface area contributed by atoms with Crippen LogP contribution in [0.2, 0.25) is 0 Å². The third kappa shape index (κ3) is 3.74. The third-order valence-corrected chi connectivity index (χ3v) is 2.98. The van der Waals surface area contributed by atoms with E-state index in [-0.39, 0.29) is 5.91 Å². The topological polar surface area (TPSA) is 44.4 Å². The van der Waals surface area contributed by atoms with E-state index in [4.69, 9.17) is 0 Å². The smallest absolute Gasteiger partial charge is 0.239 e. The SMILES string of the molecule is CCN(CC(=O)NC)c1ccc(CNC)cc1C. The van der Waals surface area contributed by atoms with Crippen molar-refractivity contribution in [2.45, 2.75) is 20.4 Å². The molecule has 4 nitrogen and oxygen atoms in total. The standard InChI is InChI=1S/C14H23N3O/c1-5-17(10-14(18)16-4)13-7-6-12(9-15-3)8-11(13)2/h6-8,15H,5,9-10H2,1-4H3,(H,16,18). The van der Waals surface area contributed by atoms with E-state index >= 15 is 0 Å². The Hall–Kier alpha value is -1.55. The second kappa shape index (κ2) is 7.01. The average molecular weight is 249 g/mol. The van der Waals surface area contributed by atoms with Gasteiger partial charge in [0.1, 0.15) is 0 Å². The van der Waals surface area contributed by atoms with Crippen LogP contribution in [0, 0.1) is 6.92 Å². The van der Waals surface area contributed by atoms with E-state index in [2.05, 4.69) is 47.6 Å². The molecule has 2 N–H and O–H groups in total. The van der Waals surface area contributed by atoms with E-state index in [1.807, 2.05) is 7.05 Å². The summed E-state index contributed by atoms with van der Waals surface area (Å²) in [5.74, 6) is 0.0375. The van der Waals surface area contributed by atoms with Gasteiger partial charge in [0.05, 0.1) is 6.54 Å². The third-order valence-electron chi connectivity index (χ3n) is 2.98.